The standard InChI is InChI=1S/C18H19F3N2O3/c1-4-23-12(3)9-11(2)15(17(23)25)16(24)22-10-13-5-7-14(8-6-13)26-18(19,20)21/h5-9H,4,10H2,1-3H3,(H,22,24). The second-order valence-corrected chi connectivity index (χ2v) is 5.77. The quantitative estimate of drug-likeness (QED) is 0.881. The Labute approximate surface area is 148 Å². The van der Waals surface area contributed by atoms with Crippen molar-refractivity contribution in [2.75, 3.05) is 0 Å². The average Bonchev–Trinajstić information content (AvgIpc) is 2.52. The van der Waals surface area contributed by atoms with E-state index in [4.69, 9.17) is 0 Å². The van der Waals surface area contributed by atoms with Crippen molar-refractivity contribution in [3.63, 3.8) is 0 Å². The number of pyridine rings is 1. The number of hydrogen-bond donors (Lipinski definition) is 1. The Morgan fingerprint density at radius 2 is 1.81 bits per heavy atom. The first kappa shape index (κ1) is 19.6. The van der Waals surface area contributed by atoms with Crippen molar-refractivity contribution in [1.82, 2.24) is 9.88 Å². The minimum Gasteiger partial charge on any atom is -0.406 e. The number of nitrogens with zero attached hydrogens (tertiary/aromatic N) is 1. The zero-order valence-corrected chi connectivity index (χ0v) is 14.6. The molecule has 0 spiro atoms. The lowest BCUT2D eigenvalue weighted by Crippen LogP contribution is -2.34. The number of ether oxygens (including phenoxy) is 1. The molecule has 2 rings (SSSR count). The van der Waals surface area contributed by atoms with Gasteiger partial charge in [-0.1, -0.05) is 12.1 Å². The lowest BCUT2D eigenvalue weighted by atomic mass is 10.1. The Morgan fingerprint density at radius 3 is 2.35 bits per heavy atom. The first-order valence-corrected chi connectivity index (χ1v) is 7.96. The van der Waals surface area contributed by atoms with Crippen LogP contribution in [0.1, 0.15) is 34.1 Å². The van der Waals surface area contributed by atoms with Gasteiger partial charge in [0.25, 0.3) is 11.5 Å². The molecule has 0 bridgehead atoms. The molecule has 0 unspecified atom stereocenters. The SMILES string of the molecule is CCn1c(C)cc(C)c(C(=O)NCc2ccc(OC(F)(F)F)cc2)c1=O. The Morgan fingerprint density at radius 1 is 1.19 bits per heavy atom. The van der Waals surface area contributed by atoms with E-state index in [1.165, 1.54) is 16.7 Å². The van der Waals surface area contributed by atoms with Crippen LogP contribution in [0.5, 0.6) is 5.75 Å². The normalized spacial score (nSPS) is 11.3. The Kier molecular flexibility index (Phi) is 5.74. The molecular weight excluding hydrogens is 349 g/mol. The predicted molar refractivity (Wildman–Crippen MR) is 90.1 cm³/mol. The molecular formula is C18H19F3N2O3. The van der Waals surface area contributed by atoms with Gasteiger partial charge in [-0.05, 0) is 50.1 Å². The molecule has 1 heterocycles. The number of carbonyl (C=O) groups excluding carboxylic acids is 1. The van der Waals surface area contributed by atoms with E-state index in [0.29, 0.717) is 17.7 Å². The highest BCUT2D eigenvalue weighted by molar-refractivity contribution is 5.95. The third kappa shape index (κ3) is 4.65. The van der Waals surface area contributed by atoms with Gasteiger partial charge in [-0.15, -0.1) is 13.2 Å². The van der Waals surface area contributed by atoms with Crippen molar-refractivity contribution in [1.29, 1.82) is 0 Å². The van der Waals surface area contributed by atoms with Gasteiger partial charge in [0.05, 0.1) is 0 Å². The van der Waals surface area contributed by atoms with Crippen LogP contribution in [0, 0.1) is 13.8 Å². The van der Waals surface area contributed by atoms with Gasteiger partial charge in [0.15, 0.2) is 0 Å². The number of amides is 1. The number of aromatic nitrogens is 1. The fourth-order valence-corrected chi connectivity index (χ4v) is 2.68. The van der Waals surface area contributed by atoms with Crippen molar-refractivity contribution < 1.29 is 22.7 Å². The van der Waals surface area contributed by atoms with Crippen LogP contribution in [0.2, 0.25) is 0 Å². The van der Waals surface area contributed by atoms with Crippen LogP contribution in [-0.2, 0) is 13.1 Å². The maximum Gasteiger partial charge on any atom is 0.573 e. The summed E-state index contributed by atoms with van der Waals surface area (Å²) in [5, 5.41) is 2.62. The van der Waals surface area contributed by atoms with E-state index in [0.717, 1.165) is 17.8 Å². The highest BCUT2D eigenvalue weighted by Crippen LogP contribution is 2.22. The highest BCUT2D eigenvalue weighted by atomic mass is 19.4. The molecule has 1 aromatic heterocycles. The molecule has 0 aliphatic rings. The van der Waals surface area contributed by atoms with Gasteiger partial charge < -0.3 is 14.6 Å². The fraction of sp³-hybridized carbons (Fsp3) is 0.333. The molecule has 0 aliphatic carbocycles. The second kappa shape index (κ2) is 7.63. The van der Waals surface area contributed by atoms with Gasteiger partial charge in [-0.3, -0.25) is 9.59 Å². The molecule has 2 aromatic rings. The molecule has 0 fully saturated rings. The summed E-state index contributed by atoms with van der Waals surface area (Å²) in [6, 6.07) is 6.91. The van der Waals surface area contributed by atoms with Crippen molar-refractivity contribution in [3.8, 4) is 5.75 Å². The molecule has 140 valence electrons. The zero-order valence-electron chi connectivity index (χ0n) is 14.6. The van der Waals surface area contributed by atoms with Crippen molar-refractivity contribution in [2.24, 2.45) is 0 Å². The minimum atomic E-state index is -4.75. The number of benzene rings is 1. The van der Waals surface area contributed by atoms with E-state index in [9.17, 15) is 22.8 Å². The number of nitrogens with one attached hydrogen (secondary N) is 1. The van der Waals surface area contributed by atoms with Crippen LogP contribution in [0.25, 0.3) is 0 Å². The molecule has 0 saturated heterocycles. The highest BCUT2D eigenvalue weighted by Gasteiger charge is 2.30. The molecule has 1 aromatic carbocycles. The number of halogens is 3. The smallest absolute Gasteiger partial charge is 0.406 e. The van der Waals surface area contributed by atoms with Crippen molar-refractivity contribution in [3.05, 3.63) is 63.1 Å². The zero-order chi connectivity index (χ0) is 19.5. The minimum absolute atomic E-state index is 0.0643. The summed E-state index contributed by atoms with van der Waals surface area (Å²) < 4.78 is 41.7. The van der Waals surface area contributed by atoms with Gasteiger partial charge in [-0.2, -0.15) is 0 Å². The van der Waals surface area contributed by atoms with E-state index >= 15 is 0 Å². The maximum atomic E-state index is 12.5. The number of carbonyl (C=O) groups is 1. The summed E-state index contributed by atoms with van der Waals surface area (Å²) in [4.78, 5) is 24.8. The summed E-state index contributed by atoms with van der Waals surface area (Å²) in [6.45, 7) is 5.82. The second-order valence-electron chi connectivity index (χ2n) is 5.77. The Hall–Kier alpha value is -2.77. The fourth-order valence-electron chi connectivity index (χ4n) is 2.68. The van der Waals surface area contributed by atoms with Gasteiger partial charge in [0, 0.05) is 18.8 Å². The predicted octanol–water partition coefficient (Wildman–Crippen LogP) is 3.31. The summed E-state index contributed by atoms with van der Waals surface area (Å²) in [7, 11) is 0. The molecule has 1 N–H and O–H groups in total. The van der Waals surface area contributed by atoms with Crippen molar-refractivity contribution >= 4 is 5.91 Å². The average molecular weight is 368 g/mol. The number of rotatable bonds is 5. The molecule has 1 amide bonds. The maximum absolute atomic E-state index is 12.5. The Balaban J connectivity index is 2.11. The third-order valence-electron chi connectivity index (χ3n) is 3.86. The van der Waals surface area contributed by atoms with Crippen LogP contribution in [0.3, 0.4) is 0 Å². The van der Waals surface area contributed by atoms with Crippen LogP contribution in [0.4, 0.5) is 13.2 Å². The molecule has 0 saturated carbocycles. The number of alkyl halides is 3. The molecule has 0 aliphatic heterocycles. The van der Waals surface area contributed by atoms with Crippen LogP contribution >= 0.6 is 0 Å². The summed E-state index contributed by atoms with van der Waals surface area (Å²) in [6.07, 6.45) is -4.75. The van der Waals surface area contributed by atoms with Crippen LogP contribution < -0.4 is 15.6 Å². The molecule has 26 heavy (non-hydrogen) atoms. The van der Waals surface area contributed by atoms with Crippen LogP contribution in [0.15, 0.2) is 35.1 Å². The van der Waals surface area contributed by atoms with Gasteiger partial charge in [0.2, 0.25) is 0 Å². The topological polar surface area (TPSA) is 60.3 Å². The molecule has 0 atom stereocenters. The largest absolute Gasteiger partial charge is 0.573 e. The van der Waals surface area contributed by atoms with E-state index < -0.39 is 12.3 Å². The lowest BCUT2D eigenvalue weighted by Gasteiger charge is -2.13. The Bertz CT molecular complexity index is 856. The monoisotopic (exact) mass is 368 g/mol. The first-order valence-electron chi connectivity index (χ1n) is 7.96. The third-order valence-corrected chi connectivity index (χ3v) is 3.86. The summed E-state index contributed by atoms with van der Waals surface area (Å²) in [5.41, 5.74) is 1.62. The summed E-state index contributed by atoms with van der Waals surface area (Å²) in [5.74, 6) is -0.863. The van der Waals surface area contributed by atoms with E-state index in [1.54, 1.807) is 19.9 Å². The number of hydrogen-bond acceptors (Lipinski definition) is 3. The van der Waals surface area contributed by atoms with Crippen molar-refractivity contribution in [2.45, 2.75) is 40.2 Å². The molecule has 5 nitrogen and oxygen atoms in total. The van der Waals surface area contributed by atoms with E-state index in [1.807, 2.05) is 6.92 Å². The van der Waals surface area contributed by atoms with E-state index in [-0.39, 0.29) is 23.4 Å². The summed E-state index contributed by atoms with van der Waals surface area (Å²) >= 11 is 0. The van der Waals surface area contributed by atoms with E-state index in [2.05, 4.69) is 10.1 Å². The van der Waals surface area contributed by atoms with Gasteiger partial charge >= 0.3 is 6.36 Å². The lowest BCUT2D eigenvalue weighted by molar-refractivity contribution is -0.274. The van der Waals surface area contributed by atoms with Gasteiger partial charge in [-0.25, -0.2) is 0 Å². The van der Waals surface area contributed by atoms with Gasteiger partial charge in [0.1, 0.15) is 11.3 Å². The van der Waals surface area contributed by atoms with Crippen LogP contribution in [-0.4, -0.2) is 16.8 Å². The molecule has 8 heteroatoms. The first-order chi connectivity index (χ1) is 12.1. The molecule has 0 radical (unpaired) electrons. The number of aryl methyl sites for hydroxylation is 2.